The van der Waals surface area contributed by atoms with E-state index in [9.17, 15) is 0 Å². The molecule has 0 amide bonds. The molecule has 3 rings (SSSR count). The number of aryl methyl sites for hydroxylation is 1. The van der Waals surface area contributed by atoms with Gasteiger partial charge in [-0.05, 0) is 42.7 Å². The maximum absolute atomic E-state index is 6.01. The first kappa shape index (κ1) is 13.0. The van der Waals surface area contributed by atoms with E-state index in [4.69, 9.17) is 27.6 Å². The van der Waals surface area contributed by atoms with Gasteiger partial charge in [0.2, 0.25) is 0 Å². The lowest BCUT2D eigenvalue weighted by atomic mass is 9.93. The molecule has 0 spiro atoms. The van der Waals surface area contributed by atoms with Crippen LogP contribution < -0.4 is 5.32 Å². The summed E-state index contributed by atoms with van der Waals surface area (Å²) in [5.41, 5.74) is 2.40. The van der Waals surface area contributed by atoms with Gasteiger partial charge in [-0.2, -0.15) is 0 Å². The van der Waals surface area contributed by atoms with Gasteiger partial charge in [-0.15, -0.1) is 0 Å². The van der Waals surface area contributed by atoms with E-state index >= 15 is 0 Å². The van der Waals surface area contributed by atoms with E-state index < -0.39 is 0 Å². The minimum atomic E-state index is 0.361. The molecule has 19 heavy (non-hydrogen) atoms. The second-order valence-corrected chi connectivity index (χ2v) is 5.78. The molecule has 1 heterocycles. The molecule has 1 aliphatic rings. The Morgan fingerprint density at radius 3 is 2.79 bits per heavy atom. The average Bonchev–Trinajstić information content (AvgIpc) is 2.83. The first-order chi connectivity index (χ1) is 9.22. The number of hydrogen-bond donors (Lipinski definition) is 1. The van der Waals surface area contributed by atoms with Crippen LogP contribution in [0, 0.1) is 0 Å². The summed E-state index contributed by atoms with van der Waals surface area (Å²) in [6, 6.07) is 8.07. The first-order valence-corrected chi connectivity index (χ1v) is 7.22. The highest BCUT2D eigenvalue weighted by Gasteiger charge is 2.21. The fraction of sp³-hybridized carbons (Fsp3) is 0.333. The fourth-order valence-corrected chi connectivity index (χ4v) is 3.22. The van der Waals surface area contributed by atoms with Crippen LogP contribution in [-0.2, 0) is 13.0 Å². The first-order valence-electron chi connectivity index (χ1n) is 6.47. The van der Waals surface area contributed by atoms with E-state index in [0.29, 0.717) is 16.1 Å². The van der Waals surface area contributed by atoms with Crippen LogP contribution in [0.3, 0.4) is 0 Å². The third-order valence-electron chi connectivity index (χ3n) is 3.53. The topological polar surface area (TPSA) is 25.2 Å². The Hall–Kier alpha value is -0.960. The van der Waals surface area contributed by atoms with Crippen molar-refractivity contribution in [2.24, 2.45) is 0 Å². The molecule has 1 aromatic carbocycles. The SMILES string of the molecule is Clc1cc(Cl)cc(CNC2CCCc3occc32)c1. The van der Waals surface area contributed by atoms with Crippen LogP contribution in [0.4, 0.5) is 0 Å². The van der Waals surface area contributed by atoms with Gasteiger partial charge in [-0.1, -0.05) is 23.2 Å². The largest absolute Gasteiger partial charge is 0.469 e. The smallest absolute Gasteiger partial charge is 0.108 e. The molecule has 1 aliphatic carbocycles. The van der Waals surface area contributed by atoms with E-state index in [1.54, 1.807) is 12.3 Å². The van der Waals surface area contributed by atoms with E-state index in [-0.39, 0.29) is 0 Å². The molecule has 4 heteroatoms. The second-order valence-electron chi connectivity index (χ2n) is 4.90. The number of rotatable bonds is 3. The summed E-state index contributed by atoms with van der Waals surface area (Å²) in [5, 5.41) is 4.91. The highest BCUT2D eigenvalue weighted by atomic mass is 35.5. The van der Waals surface area contributed by atoms with Crippen LogP contribution >= 0.6 is 23.2 Å². The highest BCUT2D eigenvalue weighted by molar-refractivity contribution is 6.34. The lowest BCUT2D eigenvalue weighted by Crippen LogP contribution is -2.24. The van der Waals surface area contributed by atoms with Gasteiger partial charge in [0.15, 0.2) is 0 Å². The van der Waals surface area contributed by atoms with Gasteiger partial charge < -0.3 is 9.73 Å². The molecule has 1 unspecified atom stereocenters. The quantitative estimate of drug-likeness (QED) is 0.884. The van der Waals surface area contributed by atoms with Gasteiger partial charge in [-0.3, -0.25) is 0 Å². The number of hydrogen-bond acceptors (Lipinski definition) is 2. The van der Waals surface area contributed by atoms with E-state index in [0.717, 1.165) is 37.1 Å². The Morgan fingerprint density at radius 1 is 1.21 bits per heavy atom. The summed E-state index contributed by atoms with van der Waals surface area (Å²) in [6.45, 7) is 0.759. The molecule has 0 bridgehead atoms. The zero-order valence-electron chi connectivity index (χ0n) is 10.5. The molecule has 0 saturated carbocycles. The molecule has 0 aliphatic heterocycles. The molecule has 100 valence electrons. The van der Waals surface area contributed by atoms with Crippen molar-refractivity contribution < 1.29 is 4.42 Å². The summed E-state index contributed by atoms with van der Waals surface area (Å²) in [6.07, 6.45) is 5.12. The van der Waals surface area contributed by atoms with Crippen LogP contribution in [0.15, 0.2) is 34.9 Å². The Bertz CT molecular complexity index is 559. The highest BCUT2D eigenvalue weighted by Crippen LogP contribution is 2.30. The molecule has 0 fully saturated rings. The average molecular weight is 296 g/mol. The van der Waals surface area contributed by atoms with Crippen molar-refractivity contribution in [1.82, 2.24) is 5.32 Å². The molecule has 0 radical (unpaired) electrons. The minimum absolute atomic E-state index is 0.361. The summed E-state index contributed by atoms with van der Waals surface area (Å²) >= 11 is 12.0. The van der Waals surface area contributed by atoms with Gasteiger partial charge >= 0.3 is 0 Å². The van der Waals surface area contributed by atoms with Gasteiger partial charge in [0.1, 0.15) is 5.76 Å². The Balaban J connectivity index is 1.70. The summed E-state index contributed by atoms with van der Waals surface area (Å²) in [4.78, 5) is 0. The monoisotopic (exact) mass is 295 g/mol. The van der Waals surface area contributed by atoms with Crippen LogP contribution in [0.25, 0.3) is 0 Å². The van der Waals surface area contributed by atoms with Crippen molar-refractivity contribution in [3.63, 3.8) is 0 Å². The third kappa shape index (κ3) is 2.97. The predicted octanol–water partition coefficient (Wildman–Crippen LogP) is 4.75. The van der Waals surface area contributed by atoms with Gasteiger partial charge in [0.05, 0.1) is 6.26 Å². The zero-order valence-corrected chi connectivity index (χ0v) is 12.0. The van der Waals surface area contributed by atoms with E-state index in [2.05, 4.69) is 11.4 Å². The van der Waals surface area contributed by atoms with Crippen LogP contribution in [0.1, 0.15) is 35.8 Å². The molecule has 1 N–H and O–H groups in total. The number of benzene rings is 1. The number of fused-ring (bicyclic) bond motifs is 1. The molecule has 2 aromatic rings. The van der Waals surface area contributed by atoms with Crippen LogP contribution in [-0.4, -0.2) is 0 Å². The zero-order chi connectivity index (χ0) is 13.2. The number of nitrogens with one attached hydrogen (secondary N) is 1. The maximum Gasteiger partial charge on any atom is 0.108 e. The van der Waals surface area contributed by atoms with E-state index in [1.165, 1.54) is 5.56 Å². The van der Waals surface area contributed by atoms with Crippen molar-refractivity contribution in [3.05, 3.63) is 57.5 Å². The Kier molecular flexibility index (Phi) is 3.83. The Morgan fingerprint density at radius 2 is 2.00 bits per heavy atom. The standard InChI is InChI=1S/C15H15Cl2NO/c16-11-6-10(7-12(17)8-11)9-18-14-2-1-3-15-13(14)4-5-19-15/h4-8,14,18H,1-3,9H2. The van der Waals surface area contributed by atoms with Gasteiger partial charge in [-0.25, -0.2) is 0 Å². The summed E-state index contributed by atoms with van der Waals surface area (Å²) in [7, 11) is 0. The molecule has 1 aromatic heterocycles. The normalized spacial score (nSPS) is 18.3. The number of halogens is 2. The molecular weight excluding hydrogens is 281 g/mol. The molecule has 0 saturated heterocycles. The van der Waals surface area contributed by atoms with Crippen molar-refractivity contribution >= 4 is 23.2 Å². The van der Waals surface area contributed by atoms with Crippen molar-refractivity contribution in [2.45, 2.75) is 31.8 Å². The molecule has 2 nitrogen and oxygen atoms in total. The van der Waals surface area contributed by atoms with Gasteiger partial charge in [0.25, 0.3) is 0 Å². The van der Waals surface area contributed by atoms with Crippen molar-refractivity contribution in [3.8, 4) is 0 Å². The lowest BCUT2D eigenvalue weighted by Gasteiger charge is -2.23. The Labute approximate surface area is 122 Å². The van der Waals surface area contributed by atoms with Crippen molar-refractivity contribution in [1.29, 1.82) is 0 Å². The lowest BCUT2D eigenvalue weighted by molar-refractivity contribution is 0.411. The van der Waals surface area contributed by atoms with Crippen molar-refractivity contribution in [2.75, 3.05) is 0 Å². The third-order valence-corrected chi connectivity index (χ3v) is 3.96. The fourth-order valence-electron chi connectivity index (χ4n) is 2.65. The maximum atomic E-state index is 6.01. The van der Waals surface area contributed by atoms with E-state index in [1.807, 2.05) is 12.1 Å². The van der Waals surface area contributed by atoms with Gasteiger partial charge in [0, 0.05) is 34.6 Å². The predicted molar refractivity (Wildman–Crippen MR) is 77.7 cm³/mol. The second kappa shape index (κ2) is 5.58. The minimum Gasteiger partial charge on any atom is -0.469 e. The summed E-state index contributed by atoms with van der Waals surface area (Å²) in [5.74, 6) is 1.12. The van der Waals surface area contributed by atoms with Crippen LogP contribution in [0.5, 0.6) is 0 Å². The van der Waals surface area contributed by atoms with Crippen LogP contribution in [0.2, 0.25) is 10.0 Å². The molecular formula is C15H15Cl2NO. The molecule has 1 atom stereocenters. The number of furan rings is 1. The summed E-state index contributed by atoms with van der Waals surface area (Å²) < 4.78 is 5.49.